The summed E-state index contributed by atoms with van der Waals surface area (Å²) in [7, 11) is 0. The zero-order valence-corrected chi connectivity index (χ0v) is 10.5. The number of hydrogen-bond donors (Lipinski definition) is 2. The number of aryl methyl sites for hydroxylation is 1. The summed E-state index contributed by atoms with van der Waals surface area (Å²) < 4.78 is 0. The molecule has 0 aromatic carbocycles. The zero-order valence-electron chi connectivity index (χ0n) is 10.5. The summed E-state index contributed by atoms with van der Waals surface area (Å²) in [6.45, 7) is 0.516. The Hall–Kier alpha value is -2.95. The third kappa shape index (κ3) is 3.08. The monoisotopic (exact) mass is 272 g/mol. The molecule has 0 radical (unpaired) electrons. The Kier molecular flexibility index (Phi) is 4.24. The third-order valence-electron chi connectivity index (χ3n) is 2.70. The predicted molar refractivity (Wildman–Crippen MR) is 71.0 cm³/mol. The van der Waals surface area contributed by atoms with Gasteiger partial charge in [0.05, 0.1) is 4.92 Å². The van der Waals surface area contributed by atoms with Crippen LogP contribution < -0.4 is 5.32 Å². The van der Waals surface area contributed by atoms with Crippen LogP contribution in [0, 0.1) is 21.4 Å². The zero-order chi connectivity index (χ0) is 14.4. The molecule has 0 saturated carbocycles. The van der Waals surface area contributed by atoms with E-state index in [1.165, 1.54) is 12.3 Å². The van der Waals surface area contributed by atoms with Gasteiger partial charge in [0.25, 0.3) is 0 Å². The average Bonchev–Trinajstić information content (AvgIpc) is 2.96. The lowest BCUT2D eigenvalue weighted by Crippen LogP contribution is -2.08. The predicted octanol–water partition coefficient (Wildman–Crippen LogP) is 1.63. The Balaban J connectivity index is 1.99. The lowest BCUT2D eigenvalue weighted by molar-refractivity contribution is -0.384. The number of nitrogens with zero attached hydrogens (tertiary/aromatic N) is 4. The molecule has 0 unspecified atom stereocenters. The molecule has 0 amide bonds. The molecule has 2 N–H and O–H groups in total. The molecule has 0 aliphatic heterocycles. The summed E-state index contributed by atoms with van der Waals surface area (Å²) in [5, 5.41) is 29.4. The fourth-order valence-corrected chi connectivity index (χ4v) is 1.77. The molecule has 20 heavy (non-hydrogen) atoms. The molecule has 8 heteroatoms. The van der Waals surface area contributed by atoms with Gasteiger partial charge in [-0.05, 0) is 25.0 Å². The smallest absolute Gasteiger partial charge is 0.328 e. The Morgan fingerprint density at radius 2 is 2.30 bits per heavy atom. The molecule has 2 aromatic heterocycles. The van der Waals surface area contributed by atoms with Crippen LogP contribution in [-0.4, -0.2) is 26.6 Å². The normalized spacial score (nSPS) is 9.95. The van der Waals surface area contributed by atoms with Crippen LogP contribution in [-0.2, 0) is 6.42 Å². The minimum Gasteiger partial charge on any atom is -0.364 e. The van der Waals surface area contributed by atoms with Gasteiger partial charge in [-0.2, -0.15) is 10.4 Å². The largest absolute Gasteiger partial charge is 0.364 e. The fraction of sp³-hybridized carbons (Fsp3) is 0.250. The minimum atomic E-state index is -0.594. The minimum absolute atomic E-state index is 0.000989. The van der Waals surface area contributed by atoms with E-state index in [1.54, 1.807) is 12.3 Å². The highest BCUT2D eigenvalue weighted by atomic mass is 16.6. The van der Waals surface area contributed by atoms with Gasteiger partial charge < -0.3 is 5.32 Å². The maximum atomic E-state index is 11.0. The molecule has 0 aliphatic carbocycles. The van der Waals surface area contributed by atoms with Gasteiger partial charge in [-0.25, -0.2) is 4.98 Å². The van der Waals surface area contributed by atoms with Gasteiger partial charge in [0.15, 0.2) is 0 Å². The standard InChI is InChI=1S/C12H12N6O2/c13-8-9-3-6-15-12(11(9)18(19)20)14-5-1-2-10-4-7-16-17-10/h3-4,6-7H,1-2,5H2,(H,14,15)(H,16,17). The summed E-state index contributed by atoms with van der Waals surface area (Å²) in [6.07, 6.45) is 4.59. The van der Waals surface area contributed by atoms with Crippen LogP contribution in [0.15, 0.2) is 24.5 Å². The van der Waals surface area contributed by atoms with E-state index in [4.69, 9.17) is 5.26 Å². The molecule has 2 aromatic rings. The second-order valence-corrected chi connectivity index (χ2v) is 4.04. The lowest BCUT2D eigenvalue weighted by atomic mass is 10.2. The maximum Gasteiger partial charge on any atom is 0.328 e. The highest BCUT2D eigenvalue weighted by Crippen LogP contribution is 2.25. The molecule has 0 saturated heterocycles. The highest BCUT2D eigenvalue weighted by molar-refractivity contribution is 5.63. The number of nitrogens with one attached hydrogen (secondary N) is 2. The first kappa shape index (κ1) is 13.5. The number of H-pyrrole nitrogens is 1. The molecular weight excluding hydrogens is 260 g/mol. The highest BCUT2D eigenvalue weighted by Gasteiger charge is 2.20. The van der Waals surface area contributed by atoms with Crippen molar-refractivity contribution in [3.05, 3.63) is 45.9 Å². The number of aromatic amines is 1. The first-order chi connectivity index (χ1) is 9.72. The van der Waals surface area contributed by atoms with E-state index >= 15 is 0 Å². The Morgan fingerprint density at radius 3 is 2.95 bits per heavy atom. The van der Waals surface area contributed by atoms with Crippen LogP contribution in [0.5, 0.6) is 0 Å². The molecular formula is C12H12N6O2. The number of aromatic nitrogens is 3. The number of rotatable bonds is 6. The number of pyridine rings is 1. The van der Waals surface area contributed by atoms with Crippen molar-refractivity contribution in [3.8, 4) is 6.07 Å². The van der Waals surface area contributed by atoms with Crippen LogP contribution in [0.4, 0.5) is 11.5 Å². The number of anilines is 1. The Labute approximate surface area is 114 Å². The second-order valence-electron chi connectivity index (χ2n) is 4.04. The van der Waals surface area contributed by atoms with Gasteiger partial charge in [-0.3, -0.25) is 15.2 Å². The van der Waals surface area contributed by atoms with E-state index in [-0.39, 0.29) is 17.1 Å². The van der Waals surface area contributed by atoms with Gasteiger partial charge >= 0.3 is 5.69 Å². The SMILES string of the molecule is N#Cc1ccnc(NCCCc2ccn[nH]2)c1[N+](=O)[O-]. The summed E-state index contributed by atoms with van der Waals surface area (Å²) in [5.41, 5.74) is 0.720. The molecule has 8 nitrogen and oxygen atoms in total. The van der Waals surface area contributed by atoms with E-state index in [1.807, 2.05) is 6.07 Å². The van der Waals surface area contributed by atoms with Crippen molar-refractivity contribution >= 4 is 11.5 Å². The molecule has 0 spiro atoms. The van der Waals surface area contributed by atoms with Crippen LogP contribution in [0.2, 0.25) is 0 Å². The van der Waals surface area contributed by atoms with Gasteiger partial charge in [0.2, 0.25) is 5.82 Å². The molecule has 0 aliphatic rings. The molecule has 2 rings (SSSR count). The second kappa shape index (κ2) is 6.29. The van der Waals surface area contributed by atoms with Crippen molar-refractivity contribution in [3.63, 3.8) is 0 Å². The summed E-state index contributed by atoms with van der Waals surface area (Å²) in [4.78, 5) is 14.3. The topological polar surface area (TPSA) is 121 Å². The average molecular weight is 272 g/mol. The Morgan fingerprint density at radius 1 is 1.45 bits per heavy atom. The van der Waals surface area contributed by atoms with E-state index in [0.717, 1.165) is 18.5 Å². The first-order valence-electron chi connectivity index (χ1n) is 5.98. The lowest BCUT2D eigenvalue weighted by Gasteiger charge is -2.06. The van der Waals surface area contributed by atoms with E-state index in [2.05, 4.69) is 20.5 Å². The van der Waals surface area contributed by atoms with Gasteiger partial charge in [-0.15, -0.1) is 0 Å². The van der Waals surface area contributed by atoms with Crippen molar-refractivity contribution in [2.24, 2.45) is 0 Å². The number of hydrogen-bond acceptors (Lipinski definition) is 6. The molecule has 0 bridgehead atoms. The van der Waals surface area contributed by atoms with Gasteiger partial charge in [0, 0.05) is 24.6 Å². The van der Waals surface area contributed by atoms with Crippen molar-refractivity contribution < 1.29 is 4.92 Å². The number of nitriles is 1. The Bertz CT molecular complexity index is 632. The van der Waals surface area contributed by atoms with Crippen molar-refractivity contribution in [2.75, 3.05) is 11.9 Å². The quantitative estimate of drug-likeness (QED) is 0.468. The number of nitro groups is 1. The maximum absolute atomic E-state index is 11.0. The summed E-state index contributed by atoms with van der Waals surface area (Å²) in [5.74, 6) is 0.124. The van der Waals surface area contributed by atoms with Gasteiger partial charge in [0.1, 0.15) is 11.6 Å². The summed E-state index contributed by atoms with van der Waals surface area (Å²) >= 11 is 0. The van der Waals surface area contributed by atoms with Crippen LogP contribution in [0.1, 0.15) is 17.7 Å². The van der Waals surface area contributed by atoms with Crippen molar-refractivity contribution in [1.82, 2.24) is 15.2 Å². The molecule has 0 fully saturated rings. The fourth-order valence-electron chi connectivity index (χ4n) is 1.77. The van der Waals surface area contributed by atoms with Crippen LogP contribution >= 0.6 is 0 Å². The summed E-state index contributed by atoms with van der Waals surface area (Å²) in [6, 6.07) is 4.99. The molecule has 102 valence electrons. The first-order valence-corrected chi connectivity index (χ1v) is 5.98. The third-order valence-corrected chi connectivity index (χ3v) is 2.70. The van der Waals surface area contributed by atoms with E-state index in [9.17, 15) is 10.1 Å². The van der Waals surface area contributed by atoms with Crippen molar-refractivity contribution in [1.29, 1.82) is 5.26 Å². The van der Waals surface area contributed by atoms with Crippen LogP contribution in [0.25, 0.3) is 0 Å². The molecule has 2 heterocycles. The van der Waals surface area contributed by atoms with E-state index in [0.29, 0.717) is 6.54 Å². The van der Waals surface area contributed by atoms with Crippen LogP contribution in [0.3, 0.4) is 0 Å². The van der Waals surface area contributed by atoms with Gasteiger partial charge in [-0.1, -0.05) is 0 Å². The van der Waals surface area contributed by atoms with E-state index < -0.39 is 4.92 Å². The molecule has 0 atom stereocenters. The van der Waals surface area contributed by atoms with Crippen molar-refractivity contribution in [2.45, 2.75) is 12.8 Å².